The summed E-state index contributed by atoms with van der Waals surface area (Å²) in [6, 6.07) is 17.3. The fourth-order valence-electron chi connectivity index (χ4n) is 3.56. The van der Waals surface area contributed by atoms with E-state index in [0.717, 1.165) is 11.2 Å². The van der Waals surface area contributed by atoms with Gasteiger partial charge in [0, 0.05) is 16.3 Å². The smallest absolute Gasteiger partial charge is 0.139 e. The van der Waals surface area contributed by atoms with E-state index in [2.05, 4.69) is 76.2 Å². The average molecular weight is 288 g/mol. The molecule has 1 heteroatoms. The Bertz CT molecular complexity index is 1010. The quantitative estimate of drug-likeness (QED) is 0.367. The van der Waals surface area contributed by atoms with E-state index in [-0.39, 0.29) is 5.41 Å². The Morgan fingerprint density at radius 2 is 1.50 bits per heavy atom. The van der Waals surface area contributed by atoms with Crippen molar-refractivity contribution in [2.45, 2.75) is 33.1 Å². The van der Waals surface area contributed by atoms with Crippen LogP contribution in [0.25, 0.3) is 32.7 Å². The summed E-state index contributed by atoms with van der Waals surface area (Å²) in [5.74, 6) is 0. The topological polar surface area (TPSA) is 13.1 Å². The van der Waals surface area contributed by atoms with E-state index in [4.69, 9.17) is 4.42 Å². The molecule has 1 aromatic heterocycles. The lowest BCUT2D eigenvalue weighted by molar-refractivity contribution is 0.569. The van der Waals surface area contributed by atoms with Crippen molar-refractivity contribution in [2.24, 2.45) is 0 Å². The van der Waals surface area contributed by atoms with E-state index < -0.39 is 0 Å². The van der Waals surface area contributed by atoms with Crippen LogP contribution in [0.15, 0.2) is 52.9 Å². The van der Waals surface area contributed by atoms with Gasteiger partial charge in [-0.15, -0.1) is 0 Å². The highest BCUT2D eigenvalue weighted by molar-refractivity contribution is 6.11. The van der Waals surface area contributed by atoms with Crippen molar-refractivity contribution in [1.82, 2.24) is 0 Å². The van der Waals surface area contributed by atoms with Gasteiger partial charge in [-0.25, -0.2) is 0 Å². The van der Waals surface area contributed by atoms with Crippen molar-refractivity contribution < 1.29 is 4.42 Å². The molecule has 0 aliphatic carbocycles. The largest absolute Gasteiger partial charge is 0.456 e. The first-order valence-electron chi connectivity index (χ1n) is 7.80. The van der Waals surface area contributed by atoms with Crippen LogP contribution in [0.5, 0.6) is 0 Å². The molecule has 0 aliphatic rings. The van der Waals surface area contributed by atoms with Gasteiger partial charge in [-0.2, -0.15) is 0 Å². The van der Waals surface area contributed by atoms with Gasteiger partial charge >= 0.3 is 0 Å². The van der Waals surface area contributed by atoms with Gasteiger partial charge in [-0.05, 0) is 40.8 Å². The molecule has 0 amide bonds. The fraction of sp³-hybridized carbons (Fsp3) is 0.238. The summed E-state index contributed by atoms with van der Waals surface area (Å²) < 4.78 is 6.30. The Morgan fingerprint density at radius 3 is 2.18 bits per heavy atom. The second-order valence-electron chi connectivity index (χ2n) is 7.18. The second-order valence-corrected chi connectivity index (χ2v) is 7.18. The summed E-state index contributed by atoms with van der Waals surface area (Å²) in [6.07, 6.45) is 0. The van der Waals surface area contributed by atoms with Crippen LogP contribution in [0.3, 0.4) is 0 Å². The van der Waals surface area contributed by atoms with Crippen molar-refractivity contribution >= 4 is 32.7 Å². The van der Waals surface area contributed by atoms with E-state index in [9.17, 15) is 0 Å². The molecule has 0 spiro atoms. The first-order chi connectivity index (χ1) is 10.4. The van der Waals surface area contributed by atoms with Gasteiger partial charge in [-0.1, -0.05) is 57.2 Å². The van der Waals surface area contributed by atoms with Crippen molar-refractivity contribution in [3.05, 3.63) is 59.7 Å². The summed E-state index contributed by atoms with van der Waals surface area (Å²) in [4.78, 5) is 0. The molecule has 1 nitrogen and oxygen atoms in total. The minimum atomic E-state index is 0.0664. The number of hydrogen-bond donors (Lipinski definition) is 0. The molecule has 0 saturated heterocycles. The highest BCUT2D eigenvalue weighted by Gasteiger charge is 2.23. The fourth-order valence-corrected chi connectivity index (χ4v) is 3.56. The molecular formula is C21H20O. The summed E-state index contributed by atoms with van der Waals surface area (Å²) in [7, 11) is 0. The van der Waals surface area contributed by atoms with Crippen molar-refractivity contribution in [2.75, 3.05) is 0 Å². The number of hydrogen-bond acceptors (Lipinski definition) is 1. The average Bonchev–Trinajstić information content (AvgIpc) is 2.80. The molecule has 0 atom stereocenters. The van der Waals surface area contributed by atoms with Crippen LogP contribution in [0, 0.1) is 6.92 Å². The first kappa shape index (κ1) is 13.4. The van der Waals surface area contributed by atoms with Crippen LogP contribution in [0.2, 0.25) is 0 Å². The van der Waals surface area contributed by atoms with Gasteiger partial charge in [0.05, 0.1) is 0 Å². The first-order valence-corrected chi connectivity index (χ1v) is 7.80. The number of rotatable bonds is 0. The normalized spacial score (nSPS) is 12.5. The predicted molar refractivity (Wildman–Crippen MR) is 94.7 cm³/mol. The molecule has 110 valence electrons. The Balaban J connectivity index is 2.20. The SMILES string of the molecule is Cc1ccc2c(oc3cc4ccccc4cc32)c1C(C)(C)C. The van der Waals surface area contributed by atoms with Crippen molar-refractivity contribution in [1.29, 1.82) is 0 Å². The summed E-state index contributed by atoms with van der Waals surface area (Å²) in [5.41, 5.74) is 4.69. The Morgan fingerprint density at radius 1 is 0.818 bits per heavy atom. The molecular weight excluding hydrogens is 268 g/mol. The van der Waals surface area contributed by atoms with Crippen LogP contribution in [0.1, 0.15) is 31.9 Å². The van der Waals surface area contributed by atoms with Crippen molar-refractivity contribution in [3.63, 3.8) is 0 Å². The standard InChI is InChI=1S/C21H20O/c1-13-9-10-16-17-11-14-7-5-6-8-15(14)12-18(17)22-20(16)19(13)21(2,3)4/h5-12H,1-4H3. The minimum absolute atomic E-state index is 0.0664. The van der Waals surface area contributed by atoms with E-state index in [1.807, 2.05) is 0 Å². The zero-order valence-electron chi connectivity index (χ0n) is 13.5. The Hall–Kier alpha value is -2.28. The number of benzene rings is 3. The van der Waals surface area contributed by atoms with Gasteiger partial charge in [0.15, 0.2) is 0 Å². The zero-order chi connectivity index (χ0) is 15.5. The van der Waals surface area contributed by atoms with Crippen LogP contribution in [-0.4, -0.2) is 0 Å². The highest BCUT2D eigenvalue weighted by atomic mass is 16.3. The molecule has 4 rings (SSSR count). The van der Waals surface area contributed by atoms with Gasteiger partial charge < -0.3 is 4.42 Å². The molecule has 0 saturated carbocycles. The maximum absolute atomic E-state index is 6.30. The van der Waals surface area contributed by atoms with E-state index in [0.29, 0.717) is 0 Å². The van der Waals surface area contributed by atoms with Crippen LogP contribution >= 0.6 is 0 Å². The summed E-state index contributed by atoms with van der Waals surface area (Å²) in [5, 5.41) is 4.91. The van der Waals surface area contributed by atoms with Crippen LogP contribution < -0.4 is 0 Å². The summed E-state index contributed by atoms with van der Waals surface area (Å²) in [6.45, 7) is 8.92. The highest BCUT2D eigenvalue weighted by Crippen LogP contribution is 2.39. The maximum Gasteiger partial charge on any atom is 0.139 e. The van der Waals surface area contributed by atoms with E-state index >= 15 is 0 Å². The molecule has 0 aliphatic heterocycles. The number of fused-ring (bicyclic) bond motifs is 4. The van der Waals surface area contributed by atoms with Gasteiger partial charge in [0.25, 0.3) is 0 Å². The third-order valence-corrected chi connectivity index (χ3v) is 4.47. The Kier molecular flexibility index (Phi) is 2.65. The molecule has 0 N–H and O–H groups in total. The molecule has 0 radical (unpaired) electrons. The number of aryl methyl sites for hydroxylation is 1. The van der Waals surface area contributed by atoms with Crippen molar-refractivity contribution in [3.8, 4) is 0 Å². The predicted octanol–water partition coefficient (Wildman–Crippen LogP) is 6.35. The molecule has 4 aromatic rings. The molecule has 0 fully saturated rings. The Labute approximate surface area is 130 Å². The molecule has 22 heavy (non-hydrogen) atoms. The number of furan rings is 1. The molecule has 0 bridgehead atoms. The van der Waals surface area contributed by atoms with Gasteiger partial charge in [0.1, 0.15) is 11.2 Å². The van der Waals surface area contributed by atoms with E-state index in [1.165, 1.54) is 32.7 Å². The second kappa shape index (κ2) is 4.36. The van der Waals surface area contributed by atoms with Crippen LogP contribution in [0.4, 0.5) is 0 Å². The molecule has 0 unspecified atom stereocenters. The third-order valence-electron chi connectivity index (χ3n) is 4.47. The molecule has 1 heterocycles. The zero-order valence-corrected chi connectivity index (χ0v) is 13.5. The summed E-state index contributed by atoms with van der Waals surface area (Å²) >= 11 is 0. The molecule has 3 aromatic carbocycles. The lowest BCUT2D eigenvalue weighted by Crippen LogP contribution is -2.13. The lowest BCUT2D eigenvalue weighted by Gasteiger charge is -2.21. The van der Waals surface area contributed by atoms with Crippen LogP contribution in [-0.2, 0) is 5.41 Å². The lowest BCUT2D eigenvalue weighted by atomic mass is 9.83. The maximum atomic E-state index is 6.30. The minimum Gasteiger partial charge on any atom is -0.456 e. The van der Waals surface area contributed by atoms with Gasteiger partial charge in [-0.3, -0.25) is 0 Å². The van der Waals surface area contributed by atoms with E-state index in [1.54, 1.807) is 0 Å². The third kappa shape index (κ3) is 1.85. The van der Waals surface area contributed by atoms with Gasteiger partial charge in [0.2, 0.25) is 0 Å². The monoisotopic (exact) mass is 288 g/mol.